The molecule has 2 aliphatic heterocycles. The lowest BCUT2D eigenvalue weighted by molar-refractivity contribution is 0.131. The standard InChI is InChI=1S/C28H32FNO2/c1-5-14-30-15-13-24-23(18-30)27-25(31)16-21(17-26(27)32-28(24,3)4)19(2)7-6-8-20-9-11-22(29)12-10-20/h1,9-12,16-17,19,31H,6-8,13-15,18H2,2-4H3. The van der Waals surface area contributed by atoms with Gasteiger partial charge in [-0.25, -0.2) is 4.39 Å². The van der Waals surface area contributed by atoms with Crippen molar-refractivity contribution >= 4 is 5.57 Å². The van der Waals surface area contributed by atoms with E-state index < -0.39 is 5.60 Å². The maximum Gasteiger partial charge on any atom is 0.132 e. The van der Waals surface area contributed by atoms with Crippen LogP contribution < -0.4 is 4.74 Å². The number of aromatic hydroxyl groups is 1. The van der Waals surface area contributed by atoms with Gasteiger partial charge in [-0.15, -0.1) is 6.42 Å². The summed E-state index contributed by atoms with van der Waals surface area (Å²) in [5, 5.41) is 11.0. The largest absolute Gasteiger partial charge is 0.507 e. The molecule has 1 N–H and O–H groups in total. The Kier molecular flexibility index (Phi) is 6.31. The van der Waals surface area contributed by atoms with Crippen molar-refractivity contribution in [3.63, 3.8) is 0 Å². The van der Waals surface area contributed by atoms with Gasteiger partial charge in [0.25, 0.3) is 0 Å². The Morgan fingerprint density at radius 1 is 1.25 bits per heavy atom. The summed E-state index contributed by atoms with van der Waals surface area (Å²) < 4.78 is 19.5. The van der Waals surface area contributed by atoms with E-state index in [9.17, 15) is 9.50 Å². The Bertz CT molecular complexity index is 1060. The summed E-state index contributed by atoms with van der Waals surface area (Å²) in [6.45, 7) is 8.65. The Labute approximate surface area is 190 Å². The van der Waals surface area contributed by atoms with E-state index in [0.717, 1.165) is 66.8 Å². The molecule has 0 aromatic heterocycles. The van der Waals surface area contributed by atoms with Crippen molar-refractivity contribution in [3.8, 4) is 23.8 Å². The smallest absolute Gasteiger partial charge is 0.132 e. The number of phenolic OH excluding ortho intramolecular Hbond substituents is 1. The molecule has 0 spiro atoms. The second-order valence-electron chi connectivity index (χ2n) is 9.57. The quantitative estimate of drug-likeness (QED) is 0.574. The Balaban J connectivity index is 1.54. The average Bonchev–Trinajstić information content (AvgIpc) is 2.74. The lowest BCUT2D eigenvalue weighted by Gasteiger charge is -2.42. The third kappa shape index (κ3) is 4.54. The minimum Gasteiger partial charge on any atom is -0.507 e. The lowest BCUT2D eigenvalue weighted by Crippen LogP contribution is -2.42. The van der Waals surface area contributed by atoms with Crippen LogP contribution in [0.2, 0.25) is 0 Å². The molecular formula is C28H32FNO2. The molecule has 4 rings (SSSR count). The van der Waals surface area contributed by atoms with Gasteiger partial charge in [-0.05, 0) is 92.0 Å². The third-order valence-corrected chi connectivity index (χ3v) is 6.82. The van der Waals surface area contributed by atoms with Crippen LogP contribution in [-0.4, -0.2) is 35.2 Å². The minimum atomic E-state index is -0.401. The van der Waals surface area contributed by atoms with Gasteiger partial charge in [0.05, 0.1) is 12.1 Å². The number of nitrogens with zero attached hydrogens (tertiary/aromatic N) is 1. The first-order valence-corrected chi connectivity index (χ1v) is 11.5. The molecule has 1 atom stereocenters. The maximum absolute atomic E-state index is 13.1. The second-order valence-corrected chi connectivity index (χ2v) is 9.57. The lowest BCUT2D eigenvalue weighted by atomic mass is 9.80. The Hall–Kier alpha value is -2.77. The van der Waals surface area contributed by atoms with E-state index in [0.29, 0.717) is 6.54 Å². The summed E-state index contributed by atoms with van der Waals surface area (Å²) in [6, 6.07) is 10.7. The molecule has 0 saturated carbocycles. The molecule has 2 aliphatic rings. The van der Waals surface area contributed by atoms with Crippen molar-refractivity contribution < 1.29 is 14.2 Å². The van der Waals surface area contributed by atoms with Gasteiger partial charge in [0.1, 0.15) is 22.9 Å². The number of benzene rings is 2. The van der Waals surface area contributed by atoms with E-state index in [1.807, 2.05) is 18.2 Å². The maximum atomic E-state index is 13.1. The number of terminal acetylenes is 1. The molecule has 4 heteroatoms. The minimum absolute atomic E-state index is 0.201. The number of fused-ring (bicyclic) bond motifs is 2. The van der Waals surface area contributed by atoms with Crippen LogP contribution in [0, 0.1) is 18.2 Å². The number of rotatable bonds is 6. The van der Waals surface area contributed by atoms with Crippen LogP contribution in [0.15, 0.2) is 42.0 Å². The zero-order valence-corrected chi connectivity index (χ0v) is 19.2. The van der Waals surface area contributed by atoms with Crippen molar-refractivity contribution in [2.45, 2.75) is 58.0 Å². The number of hydrogen-bond donors (Lipinski definition) is 1. The van der Waals surface area contributed by atoms with Crippen LogP contribution in [0.3, 0.4) is 0 Å². The van der Waals surface area contributed by atoms with Crippen molar-refractivity contribution in [2.75, 3.05) is 19.6 Å². The fourth-order valence-corrected chi connectivity index (χ4v) is 5.03. The summed E-state index contributed by atoms with van der Waals surface area (Å²) in [4.78, 5) is 2.25. The first-order valence-electron chi connectivity index (χ1n) is 11.5. The number of ether oxygens (including phenoxy) is 1. The van der Waals surface area contributed by atoms with Gasteiger partial charge in [-0.1, -0.05) is 25.0 Å². The highest BCUT2D eigenvalue weighted by Gasteiger charge is 2.39. The molecule has 2 aromatic rings. The Morgan fingerprint density at radius 3 is 2.72 bits per heavy atom. The van der Waals surface area contributed by atoms with Crippen LogP contribution in [0.25, 0.3) is 5.57 Å². The van der Waals surface area contributed by atoms with E-state index in [1.165, 1.54) is 17.7 Å². The summed E-state index contributed by atoms with van der Waals surface area (Å²) in [6.07, 6.45) is 9.31. The first-order chi connectivity index (χ1) is 15.3. The van der Waals surface area contributed by atoms with Crippen LogP contribution in [0.1, 0.15) is 62.6 Å². The normalized spacial score (nSPS) is 18.3. The molecule has 0 radical (unpaired) electrons. The molecule has 2 heterocycles. The highest BCUT2D eigenvalue weighted by molar-refractivity contribution is 5.82. The molecule has 0 amide bonds. The van der Waals surface area contributed by atoms with Crippen molar-refractivity contribution in [3.05, 3.63) is 64.5 Å². The van der Waals surface area contributed by atoms with Gasteiger partial charge in [0, 0.05) is 13.1 Å². The molecule has 0 fully saturated rings. The van der Waals surface area contributed by atoms with Crippen LogP contribution in [-0.2, 0) is 6.42 Å². The topological polar surface area (TPSA) is 32.7 Å². The number of halogens is 1. The SMILES string of the molecule is C#CCN1CCC2=C(C1)c1c(O)cc(C(C)CCCc3ccc(F)cc3)cc1OC2(C)C. The number of phenols is 1. The van der Waals surface area contributed by atoms with Crippen LogP contribution >= 0.6 is 0 Å². The molecule has 0 bridgehead atoms. The summed E-state index contributed by atoms with van der Waals surface area (Å²) in [7, 11) is 0. The Morgan fingerprint density at radius 2 is 2.00 bits per heavy atom. The molecule has 0 saturated heterocycles. The highest BCUT2D eigenvalue weighted by Crippen LogP contribution is 2.48. The second kappa shape index (κ2) is 9.00. The molecule has 3 nitrogen and oxygen atoms in total. The first kappa shape index (κ1) is 22.4. The van der Waals surface area contributed by atoms with E-state index in [-0.39, 0.29) is 17.5 Å². The van der Waals surface area contributed by atoms with Crippen LogP contribution in [0.5, 0.6) is 11.5 Å². The fourth-order valence-electron chi connectivity index (χ4n) is 5.03. The number of hydrogen-bond acceptors (Lipinski definition) is 3. The van der Waals surface area contributed by atoms with Gasteiger partial charge >= 0.3 is 0 Å². The summed E-state index contributed by atoms with van der Waals surface area (Å²) in [5.41, 5.74) is 5.06. The summed E-state index contributed by atoms with van der Waals surface area (Å²) in [5.74, 6) is 3.86. The predicted molar refractivity (Wildman–Crippen MR) is 127 cm³/mol. The van der Waals surface area contributed by atoms with Crippen molar-refractivity contribution in [1.82, 2.24) is 4.90 Å². The average molecular weight is 434 g/mol. The van der Waals surface area contributed by atoms with E-state index in [2.05, 4.69) is 37.7 Å². The van der Waals surface area contributed by atoms with E-state index in [4.69, 9.17) is 11.2 Å². The van der Waals surface area contributed by atoms with Crippen molar-refractivity contribution in [1.29, 1.82) is 0 Å². The van der Waals surface area contributed by atoms with E-state index in [1.54, 1.807) is 0 Å². The molecule has 2 aromatic carbocycles. The van der Waals surface area contributed by atoms with Gasteiger partial charge in [0.2, 0.25) is 0 Å². The molecular weight excluding hydrogens is 401 g/mol. The molecule has 168 valence electrons. The predicted octanol–water partition coefficient (Wildman–Crippen LogP) is 5.92. The van der Waals surface area contributed by atoms with Gasteiger partial charge in [-0.3, -0.25) is 4.90 Å². The van der Waals surface area contributed by atoms with Crippen molar-refractivity contribution in [2.24, 2.45) is 0 Å². The molecule has 1 unspecified atom stereocenters. The summed E-state index contributed by atoms with van der Waals surface area (Å²) >= 11 is 0. The number of aryl methyl sites for hydroxylation is 1. The van der Waals surface area contributed by atoms with Gasteiger partial charge in [-0.2, -0.15) is 0 Å². The zero-order chi connectivity index (χ0) is 22.9. The van der Waals surface area contributed by atoms with E-state index >= 15 is 0 Å². The molecule has 32 heavy (non-hydrogen) atoms. The third-order valence-electron chi connectivity index (χ3n) is 6.82. The monoisotopic (exact) mass is 433 g/mol. The molecule has 0 aliphatic carbocycles. The highest BCUT2D eigenvalue weighted by atomic mass is 19.1. The van der Waals surface area contributed by atoms with Gasteiger partial charge < -0.3 is 9.84 Å². The zero-order valence-electron chi connectivity index (χ0n) is 19.2. The van der Waals surface area contributed by atoms with Crippen LogP contribution in [0.4, 0.5) is 4.39 Å². The van der Waals surface area contributed by atoms with Gasteiger partial charge in [0.15, 0.2) is 0 Å². The fraction of sp³-hybridized carbons (Fsp3) is 0.429.